The first-order valence-corrected chi connectivity index (χ1v) is 10.1. The summed E-state index contributed by atoms with van der Waals surface area (Å²) in [7, 11) is 1.72. The Hall–Kier alpha value is -2.27. The van der Waals surface area contributed by atoms with E-state index in [4.69, 9.17) is 17.0 Å². The lowest BCUT2D eigenvalue weighted by Gasteiger charge is -2.37. The first-order valence-electron chi connectivity index (χ1n) is 9.74. The van der Waals surface area contributed by atoms with E-state index in [1.807, 2.05) is 12.1 Å². The van der Waals surface area contributed by atoms with E-state index in [9.17, 15) is 0 Å². The number of rotatable bonds is 6. The van der Waals surface area contributed by atoms with E-state index in [-0.39, 0.29) is 0 Å². The monoisotopic (exact) mass is 383 g/mol. The third kappa shape index (κ3) is 5.13. The topological polar surface area (TPSA) is 27.7 Å². The maximum atomic E-state index is 5.63. The number of benzene rings is 2. The zero-order chi connectivity index (χ0) is 19.1. The van der Waals surface area contributed by atoms with Crippen LogP contribution in [0.4, 0.5) is 11.4 Å². The van der Waals surface area contributed by atoms with E-state index in [1.165, 1.54) is 18.4 Å². The number of nitrogens with one attached hydrogen (secondary N) is 1. The Morgan fingerprint density at radius 1 is 1.04 bits per heavy atom. The molecular weight excluding hydrogens is 354 g/mol. The highest BCUT2D eigenvalue weighted by Gasteiger charge is 2.21. The zero-order valence-electron chi connectivity index (χ0n) is 16.3. The molecule has 0 amide bonds. The van der Waals surface area contributed by atoms with Gasteiger partial charge in [0.05, 0.1) is 12.8 Å². The van der Waals surface area contributed by atoms with Crippen LogP contribution in [0.2, 0.25) is 0 Å². The van der Waals surface area contributed by atoms with Crippen molar-refractivity contribution in [2.24, 2.45) is 0 Å². The second-order valence-corrected chi connectivity index (χ2v) is 7.26. The average Bonchev–Trinajstić information content (AvgIpc) is 2.73. The summed E-state index contributed by atoms with van der Waals surface area (Å²) < 4.78 is 5.49. The average molecular weight is 384 g/mol. The molecule has 0 atom stereocenters. The van der Waals surface area contributed by atoms with Gasteiger partial charge in [0, 0.05) is 31.9 Å². The van der Waals surface area contributed by atoms with Gasteiger partial charge >= 0.3 is 0 Å². The lowest BCUT2D eigenvalue weighted by atomic mass is 10.1. The molecule has 2 aromatic carbocycles. The molecule has 3 rings (SSSR count). The van der Waals surface area contributed by atoms with E-state index in [1.54, 1.807) is 7.11 Å². The van der Waals surface area contributed by atoms with Crippen LogP contribution in [-0.2, 0) is 6.42 Å². The molecule has 27 heavy (non-hydrogen) atoms. The van der Waals surface area contributed by atoms with Gasteiger partial charge in [-0.3, -0.25) is 0 Å². The molecule has 0 unspecified atom stereocenters. The molecule has 1 saturated heterocycles. The number of hydrogen-bond donors (Lipinski definition) is 1. The Labute approximate surface area is 168 Å². The fraction of sp³-hybridized carbons (Fsp3) is 0.409. The molecule has 1 aliphatic rings. The third-order valence-corrected chi connectivity index (χ3v) is 5.38. The molecule has 0 radical (unpaired) electrons. The molecule has 5 heteroatoms. The first-order chi connectivity index (χ1) is 13.2. The zero-order valence-corrected chi connectivity index (χ0v) is 17.1. The summed E-state index contributed by atoms with van der Waals surface area (Å²) in [4.78, 5) is 4.60. The van der Waals surface area contributed by atoms with Crippen LogP contribution in [0.25, 0.3) is 0 Å². The number of methoxy groups -OCH3 is 1. The molecule has 4 nitrogen and oxygen atoms in total. The quantitative estimate of drug-likeness (QED) is 0.739. The van der Waals surface area contributed by atoms with Gasteiger partial charge in [0.1, 0.15) is 5.75 Å². The summed E-state index contributed by atoms with van der Waals surface area (Å²) in [6.07, 6.45) is 3.61. The van der Waals surface area contributed by atoms with Crippen molar-refractivity contribution in [1.82, 2.24) is 4.90 Å². The Morgan fingerprint density at radius 2 is 1.74 bits per heavy atom. The molecule has 2 aromatic rings. The van der Waals surface area contributed by atoms with Crippen molar-refractivity contribution in [3.63, 3.8) is 0 Å². The second-order valence-electron chi connectivity index (χ2n) is 6.88. The van der Waals surface area contributed by atoms with Crippen LogP contribution < -0.4 is 15.0 Å². The number of unbranched alkanes of at least 4 members (excludes halogenated alkanes) is 1. The van der Waals surface area contributed by atoms with Gasteiger partial charge in [-0.05, 0) is 54.9 Å². The van der Waals surface area contributed by atoms with Gasteiger partial charge in [0.25, 0.3) is 0 Å². The Morgan fingerprint density at radius 3 is 2.41 bits per heavy atom. The molecule has 0 spiro atoms. The molecule has 0 aromatic heterocycles. The van der Waals surface area contributed by atoms with Crippen molar-refractivity contribution in [1.29, 1.82) is 0 Å². The standard InChI is InChI=1S/C22H29N3OS/c1-3-4-7-18-10-12-19(13-11-18)23-22(27)25-16-14-24(15-17-25)20-8-5-6-9-21(20)26-2/h5-6,8-13H,3-4,7,14-17H2,1-2H3,(H,23,27). The van der Waals surface area contributed by atoms with Gasteiger partial charge in [0.15, 0.2) is 5.11 Å². The van der Waals surface area contributed by atoms with Crippen molar-refractivity contribution in [3.8, 4) is 5.75 Å². The molecule has 0 aliphatic carbocycles. The van der Waals surface area contributed by atoms with Crippen molar-refractivity contribution in [2.45, 2.75) is 26.2 Å². The van der Waals surface area contributed by atoms with Crippen molar-refractivity contribution in [2.75, 3.05) is 43.5 Å². The highest BCUT2D eigenvalue weighted by molar-refractivity contribution is 7.80. The Balaban J connectivity index is 1.52. The molecule has 1 aliphatic heterocycles. The maximum Gasteiger partial charge on any atom is 0.173 e. The van der Waals surface area contributed by atoms with Crippen LogP contribution in [0.3, 0.4) is 0 Å². The molecule has 0 bridgehead atoms. The second kappa shape index (κ2) is 9.60. The summed E-state index contributed by atoms with van der Waals surface area (Å²) in [6.45, 7) is 5.88. The van der Waals surface area contributed by atoms with Gasteiger partial charge in [0.2, 0.25) is 0 Å². The van der Waals surface area contributed by atoms with Crippen molar-refractivity contribution in [3.05, 3.63) is 54.1 Å². The van der Waals surface area contributed by atoms with E-state index < -0.39 is 0 Å². The number of piperazine rings is 1. The van der Waals surface area contributed by atoms with Crippen LogP contribution >= 0.6 is 12.2 Å². The smallest absolute Gasteiger partial charge is 0.173 e. The van der Waals surface area contributed by atoms with E-state index in [2.05, 4.69) is 58.4 Å². The molecule has 144 valence electrons. The SMILES string of the molecule is CCCCc1ccc(NC(=S)N2CCN(c3ccccc3OC)CC2)cc1. The van der Waals surface area contributed by atoms with Gasteiger partial charge < -0.3 is 19.9 Å². The predicted octanol–water partition coefficient (Wildman–Crippen LogP) is 4.56. The summed E-state index contributed by atoms with van der Waals surface area (Å²) in [5.74, 6) is 0.926. The van der Waals surface area contributed by atoms with Gasteiger partial charge in [-0.15, -0.1) is 0 Å². The molecule has 1 N–H and O–H groups in total. The number of thiocarbonyl (C=S) groups is 1. The normalized spacial score (nSPS) is 14.1. The summed E-state index contributed by atoms with van der Waals surface area (Å²) in [6, 6.07) is 16.8. The Kier molecular flexibility index (Phi) is 6.93. The third-order valence-electron chi connectivity index (χ3n) is 5.02. The van der Waals surface area contributed by atoms with E-state index in [0.717, 1.165) is 54.8 Å². The van der Waals surface area contributed by atoms with Crippen molar-refractivity contribution >= 4 is 28.7 Å². The largest absolute Gasteiger partial charge is 0.495 e. The van der Waals surface area contributed by atoms with Crippen LogP contribution in [0.15, 0.2) is 48.5 Å². The predicted molar refractivity (Wildman–Crippen MR) is 118 cm³/mol. The van der Waals surface area contributed by atoms with Crippen LogP contribution in [-0.4, -0.2) is 43.3 Å². The van der Waals surface area contributed by atoms with Crippen LogP contribution in [0.5, 0.6) is 5.75 Å². The van der Waals surface area contributed by atoms with E-state index in [0.29, 0.717) is 0 Å². The van der Waals surface area contributed by atoms with Crippen LogP contribution in [0.1, 0.15) is 25.3 Å². The molecular formula is C22H29N3OS. The minimum Gasteiger partial charge on any atom is -0.495 e. The van der Waals surface area contributed by atoms with Crippen LogP contribution in [0, 0.1) is 0 Å². The summed E-state index contributed by atoms with van der Waals surface area (Å²) in [5.41, 5.74) is 3.60. The number of para-hydroxylation sites is 2. The molecule has 1 fully saturated rings. The number of ether oxygens (including phenoxy) is 1. The lowest BCUT2D eigenvalue weighted by molar-refractivity contribution is 0.382. The number of anilines is 2. The molecule has 1 heterocycles. The fourth-order valence-electron chi connectivity index (χ4n) is 3.38. The van der Waals surface area contributed by atoms with E-state index >= 15 is 0 Å². The van der Waals surface area contributed by atoms with Gasteiger partial charge in [-0.25, -0.2) is 0 Å². The highest BCUT2D eigenvalue weighted by atomic mass is 32.1. The number of aryl methyl sites for hydroxylation is 1. The van der Waals surface area contributed by atoms with Crippen molar-refractivity contribution < 1.29 is 4.74 Å². The molecule has 0 saturated carbocycles. The highest BCUT2D eigenvalue weighted by Crippen LogP contribution is 2.28. The maximum absolute atomic E-state index is 5.63. The minimum absolute atomic E-state index is 0.802. The number of nitrogens with zero attached hydrogens (tertiary/aromatic N) is 2. The number of hydrogen-bond acceptors (Lipinski definition) is 3. The summed E-state index contributed by atoms with van der Waals surface area (Å²) in [5, 5.41) is 4.19. The first kappa shape index (κ1) is 19.5. The van der Waals surface area contributed by atoms with Gasteiger partial charge in [-0.1, -0.05) is 37.6 Å². The lowest BCUT2D eigenvalue weighted by Crippen LogP contribution is -2.50. The summed E-state index contributed by atoms with van der Waals surface area (Å²) >= 11 is 5.63. The fourth-order valence-corrected chi connectivity index (χ4v) is 3.68. The minimum atomic E-state index is 0.802. The Bertz CT molecular complexity index is 739. The van der Waals surface area contributed by atoms with Gasteiger partial charge in [-0.2, -0.15) is 0 Å².